The van der Waals surface area contributed by atoms with E-state index in [9.17, 15) is 20.1 Å². The van der Waals surface area contributed by atoms with Crippen LogP contribution in [0.5, 0.6) is 0 Å². The number of aliphatic hydroxyl groups is 3. The fourth-order valence-corrected chi connectivity index (χ4v) is 5.88. The van der Waals surface area contributed by atoms with Crippen LogP contribution in [0.2, 0.25) is 0 Å². The maximum atomic E-state index is 11.9. The van der Waals surface area contributed by atoms with E-state index < -0.39 is 30.6 Å². The van der Waals surface area contributed by atoms with Crippen LogP contribution < -0.4 is 0 Å². The fourth-order valence-electron chi connectivity index (χ4n) is 5.88. The Morgan fingerprint density at radius 1 is 0.846 bits per heavy atom. The highest BCUT2D eigenvalue weighted by Gasteiger charge is 2.39. The van der Waals surface area contributed by atoms with E-state index in [1.807, 2.05) is 0 Å². The number of rotatable bonds is 18. The number of ether oxygens (including phenoxy) is 2. The fraction of sp³-hybridized carbons (Fsp3) is 0.727. The maximum absolute atomic E-state index is 11.9. The van der Waals surface area contributed by atoms with Gasteiger partial charge in [0.05, 0.1) is 6.61 Å². The van der Waals surface area contributed by atoms with Crippen LogP contribution in [-0.2, 0) is 20.7 Å². The average molecular weight is 545 g/mol. The number of benzene rings is 1. The molecule has 220 valence electrons. The number of allylic oxidation sites excluding steroid dienone is 2. The molecular weight excluding hydrogens is 492 g/mol. The number of carbonyl (C=O) groups excluding carboxylic acids is 1. The quantitative estimate of drug-likeness (QED) is 0.111. The molecule has 1 fully saturated rings. The number of unbranched alkanes of at least 4 members (excludes halogenated alkanes) is 11. The molecule has 1 aliphatic carbocycles. The van der Waals surface area contributed by atoms with Crippen LogP contribution >= 0.6 is 0 Å². The summed E-state index contributed by atoms with van der Waals surface area (Å²) >= 11 is 0. The highest BCUT2D eigenvalue weighted by molar-refractivity contribution is 5.69. The molecule has 1 aromatic rings. The minimum atomic E-state index is -1.42. The van der Waals surface area contributed by atoms with Gasteiger partial charge in [0.15, 0.2) is 0 Å². The highest BCUT2D eigenvalue weighted by atomic mass is 16.7. The first-order valence-corrected chi connectivity index (χ1v) is 15.6. The van der Waals surface area contributed by atoms with Crippen molar-refractivity contribution in [1.29, 1.82) is 0 Å². The number of aryl methyl sites for hydroxylation is 1. The van der Waals surface area contributed by atoms with Crippen molar-refractivity contribution in [2.24, 2.45) is 0 Å². The average Bonchev–Trinajstić information content (AvgIpc) is 2.95. The van der Waals surface area contributed by atoms with Gasteiger partial charge in [-0.1, -0.05) is 87.8 Å². The number of fused-ring (bicyclic) bond motifs is 1. The van der Waals surface area contributed by atoms with Crippen molar-refractivity contribution in [1.82, 2.24) is 0 Å². The molecule has 1 aromatic carbocycles. The summed E-state index contributed by atoms with van der Waals surface area (Å²) in [5, 5.41) is 28.9. The zero-order chi connectivity index (χ0) is 27.7. The highest BCUT2D eigenvalue weighted by Crippen LogP contribution is 2.35. The van der Waals surface area contributed by atoms with Gasteiger partial charge in [-0.15, -0.1) is 0 Å². The summed E-state index contributed by atoms with van der Waals surface area (Å²) in [6.45, 7) is -0.165. The Bertz CT molecular complexity index is 839. The van der Waals surface area contributed by atoms with E-state index in [4.69, 9.17) is 9.47 Å². The molecule has 1 aliphatic heterocycles. The molecule has 3 N–H and O–H groups in total. The van der Waals surface area contributed by atoms with E-state index in [0.29, 0.717) is 0 Å². The van der Waals surface area contributed by atoms with Crippen molar-refractivity contribution in [3.05, 3.63) is 47.5 Å². The second-order valence-electron chi connectivity index (χ2n) is 11.5. The van der Waals surface area contributed by atoms with Gasteiger partial charge in [0, 0.05) is 6.42 Å². The summed E-state index contributed by atoms with van der Waals surface area (Å²) in [6.07, 6.45) is 20.7. The van der Waals surface area contributed by atoms with E-state index >= 15 is 0 Å². The van der Waals surface area contributed by atoms with Crippen molar-refractivity contribution in [3.63, 3.8) is 0 Å². The molecule has 2 aliphatic rings. The number of carbonyl (C=O) groups is 1. The molecule has 1 saturated heterocycles. The molecule has 6 heteroatoms. The molecule has 3 rings (SSSR count). The molecule has 0 saturated carbocycles. The van der Waals surface area contributed by atoms with Crippen molar-refractivity contribution in [2.75, 3.05) is 6.61 Å². The summed E-state index contributed by atoms with van der Waals surface area (Å²) in [5.74, 6) is 0.353. The summed E-state index contributed by atoms with van der Waals surface area (Å²) in [5.41, 5.74) is 3.23. The summed E-state index contributed by atoms with van der Waals surface area (Å²) in [7, 11) is 0. The standard InChI is InChI=1S/C33H52O6/c34-29-25-38-33(32(37)31(29)36)39-30(35)24-15-13-11-9-7-5-3-1-2-4-6-8-10-12-14-19-26-21-18-22-27-20-16-17-23-28(26)27/h1,3,16-17,20,23,26,29,31-34,36-37H,2,4-15,18-19,21-22,24-25H2/b3-1-/t26?,29-,31+,32-,33?/m1/s1. The molecule has 6 nitrogen and oxygen atoms in total. The molecule has 5 atom stereocenters. The van der Waals surface area contributed by atoms with Crippen LogP contribution in [0.1, 0.15) is 126 Å². The van der Waals surface area contributed by atoms with Crippen molar-refractivity contribution in [3.8, 4) is 0 Å². The van der Waals surface area contributed by atoms with Gasteiger partial charge >= 0.3 is 5.97 Å². The molecule has 2 unspecified atom stereocenters. The summed E-state index contributed by atoms with van der Waals surface area (Å²) < 4.78 is 10.2. The zero-order valence-corrected chi connectivity index (χ0v) is 23.9. The number of aliphatic hydroxyl groups excluding tert-OH is 3. The molecule has 0 radical (unpaired) electrons. The van der Waals surface area contributed by atoms with E-state index in [1.165, 1.54) is 77.0 Å². The van der Waals surface area contributed by atoms with Crippen LogP contribution in [0.15, 0.2) is 36.4 Å². The van der Waals surface area contributed by atoms with Crippen LogP contribution in [0.25, 0.3) is 0 Å². The zero-order valence-electron chi connectivity index (χ0n) is 23.9. The van der Waals surface area contributed by atoms with Crippen molar-refractivity contribution >= 4 is 5.97 Å². The van der Waals surface area contributed by atoms with Crippen molar-refractivity contribution in [2.45, 2.75) is 146 Å². The topological polar surface area (TPSA) is 96.2 Å². The molecule has 0 amide bonds. The molecular formula is C33H52O6. The predicted molar refractivity (Wildman–Crippen MR) is 154 cm³/mol. The number of hydrogen-bond donors (Lipinski definition) is 3. The van der Waals surface area contributed by atoms with Gasteiger partial charge in [-0.05, 0) is 74.8 Å². The lowest BCUT2D eigenvalue weighted by molar-refractivity contribution is -0.262. The first kappa shape index (κ1) is 31.8. The van der Waals surface area contributed by atoms with Crippen molar-refractivity contribution < 1.29 is 29.6 Å². The first-order valence-electron chi connectivity index (χ1n) is 15.6. The summed E-state index contributed by atoms with van der Waals surface area (Å²) in [6, 6.07) is 9.08. The Hall–Kier alpha value is -1.73. The van der Waals surface area contributed by atoms with Crippen LogP contribution in [0.4, 0.5) is 0 Å². The molecule has 0 spiro atoms. The van der Waals surface area contributed by atoms with Crippen LogP contribution in [-0.4, -0.2) is 52.5 Å². The van der Waals surface area contributed by atoms with Gasteiger partial charge in [-0.2, -0.15) is 0 Å². The van der Waals surface area contributed by atoms with E-state index in [0.717, 1.165) is 38.0 Å². The SMILES string of the molecule is O=C(CCCCCCC/C=C\CCCCCCCCC1CCCc2ccccc21)OC1OC[C@@H](O)[C@H](O)[C@H]1O. The molecule has 1 heterocycles. The Balaban J connectivity index is 1.06. The Morgan fingerprint density at radius 3 is 2.23 bits per heavy atom. The third-order valence-corrected chi connectivity index (χ3v) is 8.29. The van der Waals surface area contributed by atoms with Gasteiger partial charge in [-0.3, -0.25) is 4.79 Å². The van der Waals surface area contributed by atoms with E-state index in [-0.39, 0.29) is 13.0 Å². The number of esters is 1. The second-order valence-corrected chi connectivity index (χ2v) is 11.5. The van der Waals surface area contributed by atoms with Gasteiger partial charge in [0.1, 0.15) is 18.3 Å². The van der Waals surface area contributed by atoms with Gasteiger partial charge in [0.25, 0.3) is 0 Å². The second kappa shape index (κ2) is 18.6. The van der Waals surface area contributed by atoms with E-state index in [2.05, 4.69) is 36.4 Å². The van der Waals surface area contributed by atoms with Crippen LogP contribution in [0.3, 0.4) is 0 Å². The van der Waals surface area contributed by atoms with Gasteiger partial charge in [-0.25, -0.2) is 0 Å². The number of hydrogen-bond acceptors (Lipinski definition) is 6. The van der Waals surface area contributed by atoms with Crippen LogP contribution in [0, 0.1) is 0 Å². The normalized spacial score (nSPS) is 25.1. The maximum Gasteiger partial charge on any atom is 0.308 e. The third-order valence-electron chi connectivity index (χ3n) is 8.29. The largest absolute Gasteiger partial charge is 0.433 e. The lowest BCUT2D eigenvalue weighted by Crippen LogP contribution is -2.54. The van der Waals surface area contributed by atoms with Gasteiger partial charge < -0.3 is 24.8 Å². The Morgan fingerprint density at radius 2 is 1.49 bits per heavy atom. The lowest BCUT2D eigenvalue weighted by atomic mass is 9.80. The van der Waals surface area contributed by atoms with Gasteiger partial charge in [0.2, 0.25) is 6.29 Å². The first-order chi connectivity index (χ1) is 19.1. The molecule has 0 bridgehead atoms. The minimum absolute atomic E-state index is 0.165. The minimum Gasteiger partial charge on any atom is -0.433 e. The Kier molecular flexibility index (Phi) is 15.2. The molecule has 39 heavy (non-hydrogen) atoms. The molecule has 0 aromatic heterocycles. The Labute approximate surface area is 235 Å². The smallest absolute Gasteiger partial charge is 0.308 e. The third kappa shape index (κ3) is 11.7. The lowest BCUT2D eigenvalue weighted by Gasteiger charge is -2.34. The predicted octanol–water partition coefficient (Wildman–Crippen LogP) is 6.50. The summed E-state index contributed by atoms with van der Waals surface area (Å²) in [4.78, 5) is 11.9. The van der Waals surface area contributed by atoms with E-state index in [1.54, 1.807) is 11.1 Å². The monoisotopic (exact) mass is 544 g/mol.